The number of fused-ring (bicyclic) bond motifs is 3. The largest absolute Gasteiger partial charge is 0.368 e. The molecule has 0 spiro atoms. The van der Waals surface area contributed by atoms with Crippen LogP contribution in [0.3, 0.4) is 0 Å². The molecule has 5 rings (SSSR count). The Morgan fingerprint density at radius 1 is 1.04 bits per heavy atom. The van der Waals surface area contributed by atoms with Crippen LogP contribution in [0.5, 0.6) is 0 Å². The number of carbonyl (C=O) groups is 1. The highest BCUT2D eigenvalue weighted by Gasteiger charge is 2.24. The molecule has 144 valence electrons. The summed E-state index contributed by atoms with van der Waals surface area (Å²) in [7, 11) is 0. The molecular weight excluding hydrogens is 346 g/mol. The van der Waals surface area contributed by atoms with Crippen LogP contribution in [0.1, 0.15) is 35.0 Å². The third-order valence-corrected chi connectivity index (χ3v) is 6.37. The molecular formula is C24H27N3O. The lowest BCUT2D eigenvalue weighted by Gasteiger charge is -2.36. The first kappa shape index (κ1) is 17.4. The number of aromatic amines is 1. The maximum Gasteiger partial charge on any atom is 0.253 e. The van der Waals surface area contributed by atoms with E-state index in [1.165, 1.54) is 34.3 Å². The predicted octanol–water partition coefficient (Wildman–Crippen LogP) is 4.26. The zero-order valence-electron chi connectivity index (χ0n) is 16.4. The number of aromatic nitrogens is 1. The van der Waals surface area contributed by atoms with Crippen LogP contribution in [0.4, 0.5) is 5.69 Å². The molecule has 2 aromatic carbocycles. The number of nitrogens with zero attached hydrogens (tertiary/aromatic N) is 2. The number of aryl methyl sites for hydroxylation is 1. The molecule has 4 heteroatoms. The van der Waals surface area contributed by atoms with Crippen molar-refractivity contribution in [1.82, 2.24) is 9.88 Å². The van der Waals surface area contributed by atoms with Crippen molar-refractivity contribution in [3.63, 3.8) is 0 Å². The first-order chi connectivity index (χ1) is 13.7. The van der Waals surface area contributed by atoms with Gasteiger partial charge in [0.15, 0.2) is 0 Å². The van der Waals surface area contributed by atoms with Crippen LogP contribution in [0.2, 0.25) is 0 Å². The van der Waals surface area contributed by atoms with Gasteiger partial charge in [-0.1, -0.05) is 25.1 Å². The van der Waals surface area contributed by atoms with E-state index < -0.39 is 0 Å². The number of rotatable bonds is 2. The van der Waals surface area contributed by atoms with Crippen molar-refractivity contribution in [2.75, 3.05) is 31.1 Å². The molecule has 1 atom stereocenters. The topological polar surface area (TPSA) is 39.3 Å². The highest BCUT2D eigenvalue weighted by atomic mass is 16.2. The van der Waals surface area contributed by atoms with Gasteiger partial charge in [-0.3, -0.25) is 4.79 Å². The monoisotopic (exact) mass is 373 g/mol. The van der Waals surface area contributed by atoms with E-state index in [0.29, 0.717) is 0 Å². The summed E-state index contributed by atoms with van der Waals surface area (Å²) in [5.41, 5.74) is 6.03. The molecule has 0 saturated carbocycles. The number of H-pyrrole nitrogens is 1. The summed E-state index contributed by atoms with van der Waals surface area (Å²) < 4.78 is 0. The van der Waals surface area contributed by atoms with E-state index >= 15 is 0 Å². The van der Waals surface area contributed by atoms with E-state index in [9.17, 15) is 4.79 Å². The van der Waals surface area contributed by atoms with Gasteiger partial charge >= 0.3 is 0 Å². The zero-order chi connectivity index (χ0) is 19.1. The van der Waals surface area contributed by atoms with Crippen LogP contribution in [0, 0.1) is 5.92 Å². The molecule has 0 radical (unpaired) electrons. The van der Waals surface area contributed by atoms with Crippen molar-refractivity contribution < 1.29 is 4.79 Å². The number of amides is 1. The van der Waals surface area contributed by atoms with E-state index in [1.54, 1.807) is 0 Å². The second-order valence-electron chi connectivity index (χ2n) is 8.31. The van der Waals surface area contributed by atoms with E-state index in [-0.39, 0.29) is 5.91 Å². The van der Waals surface area contributed by atoms with Gasteiger partial charge in [-0.25, -0.2) is 0 Å². The van der Waals surface area contributed by atoms with Crippen LogP contribution in [0.25, 0.3) is 10.9 Å². The van der Waals surface area contributed by atoms with Crippen LogP contribution < -0.4 is 4.90 Å². The Morgan fingerprint density at radius 3 is 2.61 bits per heavy atom. The number of benzene rings is 2. The number of carbonyl (C=O) groups excluding carboxylic acids is 1. The van der Waals surface area contributed by atoms with E-state index in [2.05, 4.69) is 53.2 Å². The standard InChI is InChI=1S/C24H27N3O/c1-17-7-9-22-20(15-17)21-16-18(8-10-23(21)25-22)24(28)27-13-11-26(12-14-27)19-5-3-2-4-6-19/h2-6,8,10,16-17,25H,7,9,11-15H2,1H3/t17-/m0/s1. The summed E-state index contributed by atoms with van der Waals surface area (Å²) in [6.07, 6.45) is 3.48. The summed E-state index contributed by atoms with van der Waals surface area (Å²) >= 11 is 0. The van der Waals surface area contributed by atoms with Gasteiger partial charge in [-0.05, 0) is 61.1 Å². The van der Waals surface area contributed by atoms with E-state index in [0.717, 1.165) is 50.5 Å². The third kappa shape index (κ3) is 3.07. The molecule has 1 aliphatic carbocycles. The molecule has 1 amide bonds. The summed E-state index contributed by atoms with van der Waals surface area (Å²) in [6.45, 7) is 5.63. The predicted molar refractivity (Wildman–Crippen MR) is 114 cm³/mol. The van der Waals surface area contributed by atoms with Crippen molar-refractivity contribution in [1.29, 1.82) is 0 Å². The molecule has 0 unspecified atom stereocenters. The van der Waals surface area contributed by atoms with Crippen molar-refractivity contribution in [2.45, 2.75) is 26.2 Å². The minimum atomic E-state index is 0.161. The lowest BCUT2D eigenvalue weighted by molar-refractivity contribution is 0.0747. The Kier molecular flexibility index (Phi) is 4.34. The number of anilines is 1. The Morgan fingerprint density at radius 2 is 1.82 bits per heavy atom. The van der Waals surface area contributed by atoms with Gasteiger partial charge < -0.3 is 14.8 Å². The van der Waals surface area contributed by atoms with Gasteiger partial charge in [0.05, 0.1) is 0 Å². The molecule has 1 aromatic heterocycles. The fourth-order valence-electron chi connectivity index (χ4n) is 4.71. The van der Waals surface area contributed by atoms with E-state index in [1.807, 2.05) is 17.0 Å². The maximum atomic E-state index is 13.1. The molecule has 2 aliphatic rings. The second kappa shape index (κ2) is 7.01. The lowest BCUT2D eigenvalue weighted by Crippen LogP contribution is -2.48. The zero-order valence-corrected chi connectivity index (χ0v) is 16.4. The average Bonchev–Trinajstić information content (AvgIpc) is 3.11. The minimum absolute atomic E-state index is 0.161. The van der Waals surface area contributed by atoms with Gasteiger partial charge in [0.25, 0.3) is 5.91 Å². The molecule has 1 fully saturated rings. The van der Waals surface area contributed by atoms with Crippen molar-refractivity contribution in [3.05, 3.63) is 65.4 Å². The smallest absolute Gasteiger partial charge is 0.253 e. The van der Waals surface area contributed by atoms with Crippen molar-refractivity contribution in [3.8, 4) is 0 Å². The van der Waals surface area contributed by atoms with Gasteiger partial charge in [-0.2, -0.15) is 0 Å². The maximum absolute atomic E-state index is 13.1. The molecule has 1 N–H and O–H groups in total. The number of para-hydroxylation sites is 1. The quantitative estimate of drug-likeness (QED) is 0.729. The first-order valence-electron chi connectivity index (χ1n) is 10.4. The van der Waals surface area contributed by atoms with E-state index in [4.69, 9.17) is 0 Å². The van der Waals surface area contributed by atoms with Crippen LogP contribution in [-0.2, 0) is 12.8 Å². The molecule has 4 nitrogen and oxygen atoms in total. The second-order valence-corrected chi connectivity index (χ2v) is 8.31. The Balaban J connectivity index is 1.34. The Labute approximate surface area is 166 Å². The van der Waals surface area contributed by atoms with Crippen LogP contribution in [-0.4, -0.2) is 42.0 Å². The molecule has 3 aromatic rings. The fraction of sp³-hybridized carbons (Fsp3) is 0.375. The normalized spacial score (nSPS) is 19.7. The Hall–Kier alpha value is -2.75. The summed E-state index contributed by atoms with van der Waals surface area (Å²) in [4.78, 5) is 21.1. The average molecular weight is 374 g/mol. The minimum Gasteiger partial charge on any atom is -0.368 e. The first-order valence-corrected chi connectivity index (χ1v) is 10.4. The molecule has 2 heterocycles. The van der Waals surface area contributed by atoms with Crippen LogP contribution in [0.15, 0.2) is 48.5 Å². The Bertz CT molecular complexity index is 999. The van der Waals surface area contributed by atoms with Crippen molar-refractivity contribution >= 4 is 22.5 Å². The molecule has 1 aliphatic heterocycles. The van der Waals surface area contributed by atoms with Gasteiger partial charge in [0.1, 0.15) is 0 Å². The third-order valence-electron chi connectivity index (χ3n) is 6.37. The summed E-state index contributed by atoms with van der Waals surface area (Å²) in [5.74, 6) is 0.880. The highest BCUT2D eigenvalue weighted by Crippen LogP contribution is 2.32. The highest BCUT2D eigenvalue weighted by molar-refractivity contribution is 5.99. The number of hydrogen-bond acceptors (Lipinski definition) is 2. The fourth-order valence-corrected chi connectivity index (χ4v) is 4.71. The SMILES string of the molecule is C[C@H]1CCc2[nH]c3ccc(C(=O)N4CCN(c5ccccc5)CC4)cc3c2C1. The van der Waals surface area contributed by atoms with Gasteiger partial charge in [0.2, 0.25) is 0 Å². The van der Waals surface area contributed by atoms with Gasteiger partial charge in [0, 0.05) is 54.0 Å². The van der Waals surface area contributed by atoms with Crippen molar-refractivity contribution in [2.24, 2.45) is 5.92 Å². The molecule has 0 bridgehead atoms. The van der Waals surface area contributed by atoms with Crippen LogP contribution >= 0.6 is 0 Å². The molecule has 1 saturated heterocycles. The summed E-state index contributed by atoms with van der Waals surface area (Å²) in [6, 6.07) is 16.7. The van der Waals surface area contributed by atoms with Gasteiger partial charge in [-0.15, -0.1) is 0 Å². The molecule has 28 heavy (non-hydrogen) atoms. The number of hydrogen-bond donors (Lipinski definition) is 1. The number of nitrogens with one attached hydrogen (secondary N) is 1. The number of piperazine rings is 1. The lowest BCUT2D eigenvalue weighted by atomic mass is 9.87. The summed E-state index contributed by atoms with van der Waals surface area (Å²) in [5, 5.41) is 1.25.